The van der Waals surface area contributed by atoms with Crippen LogP contribution >= 0.6 is 11.3 Å². The van der Waals surface area contributed by atoms with Gasteiger partial charge < -0.3 is 5.32 Å². The lowest BCUT2D eigenvalue weighted by molar-refractivity contribution is -0.117. The number of aryl methyl sites for hydroxylation is 1. The van der Waals surface area contributed by atoms with Crippen LogP contribution in [0.25, 0.3) is 5.57 Å². The number of rotatable bonds is 4. The van der Waals surface area contributed by atoms with E-state index in [4.69, 9.17) is 5.26 Å². The molecule has 1 amide bonds. The molecule has 0 fully saturated rings. The number of nitrogens with zero attached hydrogens (tertiary/aromatic N) is 2. The normalized spacial score (nSPS) is 14.8. The van der Waals surface area contributed by atoms with Gasteiger partial charge in [-0.3, -0.25) is 9.69 Å². The molecule has 0 bridgehead atoms. The third kappa shape index (κ3) is 3.91. The molecule has 24 heavy (non-hydrogen) atoms. The first-order valence-electron chi connectivity index (χ1n) is 7.91. The Morgan fingerprint density at radius 3 is 3.00 bits per heavy atom. The average Bonchev–Trinajstić information content (AvgIpc) is 3.04. The van der Waals surface area contributed by atoms with E-state index < -0.39 is 0 Å². The molecule has 0 atom stereocenters. The van der Waals surface area contributed by atoms with E-state index in [0.29, 0.717) is 6.54 Å². The molecule has 2 aromatic rings. The van der Waals surface area contributed by atoms with E-state index in [9.17, 15) is 4.79 Å². The van der Waals surface area contributed by atoms with Crippen molar-refractivity contribution in [3.8, 4) is 6.07 Å². The van der Waals surface area contributed by atoms with E-state index in [-0.39, 0.29) is 5.91 Å². The third-order valence-electron chi connectivity index (χ3n) is 4.04. The Hall–Kier alpha value is -2.42. The highest BCUT2D eigenvalue weighted by Gasteiger charge is 2.18. The quantitative estimate of drug-likeness (QED) is 0.926. The van der Waals surface area contributed by atoms with Crippen LogP contribution in [-0.4, -0.2) is 30.4 Å². The van der Waals surface area contributed by atoms with Crippen molar-refractivity contribution < 1.29 is 4.79 Å². The number of anilines is 1. The zero-order valence-corrected chi connectivity index (χ0v) is 14.4. The molecule has 0 unspecified atom stereocenters. The monoisotopic (exact) mass is 337 g/mol. The van der Waals surface area contributed by atoms with Gasteiger partial charge in [0.1, 0.15) is 6.07 Å². The maximum Gasteiger partial charge on any atom is 0.238 e. The van der Waals surface area contributed by atoms with Crippen molar-refractivity contribution in [1.29, 1.82) is 5.26 Å². The van der Waals surface area contributed by atoms with Crippen molar-refractivity contribution >= 4 is 28.5 Å². The molecular formula is C19H19N3OS. The maximum atomic E-state index is 12.2. The smallest absolute Gasteiger partial charge is 0.238 e. The Balaban J connectivity index is 1.57. The minimum absolute atomic E-state index is 0.00582. The number of hydrogen-bond acceptors (Lipinski definition) is 4. The lowest BCUT2D eigenvalue weighted by atomic mass is 10.0. The lowest BCUT2D eigenvalue weighted by Crippen LogP contribution is -2.36. The van der Waals surface area contributed by atoms with Crippen molar-refractivity contribution in [2.45, 2.75) is 13.3 Å². The second kappa shape index (κ2) is 7.43. The van der Waals surface area contributed by atoms with Crippen LogP contribution in [0.15, 0.2) is 41.8 Å². The number of amides is 1. The third-order valence-corrected chi connectivity index (χ3v) is 5.03. The van der Waals surface area contributed by atoms with Gasteiger partial charge in [0.15, 0.2) is 0 Å². The summed E-state index contributed by atoms with van der Waals surface area (Å²) in [6.07, 6.45) is 3.00. The van der Waals surface area contributed by atoms with Crippen LogP contribution in [0.5, 0.6) is 0 Å². The molecule has 0 saturated carbocycles. The zero-order chi connectivity index (χ0) is 16.9. The van der Waals surface area contributed by atoms with Crippen LogP contribution in [0.1, 0.15) is 22.4 Å². The first kappa shape index (κ1) is 16.4. The van der Waals surface area contributed by atoms with E-state index in [1.807, 2.05) is 42.6 Å². The number of thiophene rings is 1. The SMILES string of the molecule is Cc1cccc(NC(=O)CN2CC=C(c3sccc3C#N)CC2)c1. The number of nitrogens with one attached hydrogen (secondary N) is 1. The zero-order valence-electron chi connectivity index (χ0n) is 13.6. The van der Waals surface area contributed by atoms with E-state index in [1.54, 1.807) is 11.3 Å². The summed E-state index contributed by atoms with van der Waals surface area (Å²) in [6.45, 7) is 3.95. The summed E-state index contributed by atoms with van der Waals surface area (Å²) >= 11 is 1.61. The second-order valence-corrected chi connectivity index (χ2v) is 6.82. The molecule has 4 nitrogen and oxygen atoms in total. The summed E-state index contributed by atoms with van der Waals surface area (Å²) < 4.78 is 0. The Kier molecular flexibility index (Phi) is 5.09. The number of nitriles is 1. The first-order valence-corrected chi connectivity index (χ1v) is 8.79. The van der Waals surface area contributed by atoms with Crippen molar-refractivity contribution in [2.24, 2.45) is 0 Å². The van der Waals surface area contributed by atoms with Gasteiger partial charge in [0.25, 0.3) is 0 Å². The number of carbonyl (C=O) groups excluding carboxylic acids is 1. The molecule has 1 aliphatic rings. The molecule has 122 valence electrons. The summed E-state index contributed by atoms with van der Waals surface area (Å²) in [5, 5.41) is 14.0. The molecule has 3 rings (SSSR count). The van der Waals surface area contributed by atoms with E-state index >= 15 is 0 Å². The highest BCUT2D eigenvalue weighted by atomic mass is 32.1. The molecule has 0 saturated heterocycles. The fourth-order valence-electron chi connectivity index (χ4n) is 2.83. The highest BCUT2D eigenvalue weighted by Crippen LogP contribution is 2.29. The molecule has 5 heteroatoms. The van der Waals surface area contributed by atoms with Crippen molar-refractivity contribution in [3.63, 3.8) is 0 Å². The Labute approximate surface area is 146 Å². The van der Waals surface area contributed by atoms with Crippen LogP contribution in [0.3, 0.4) is 0 Å². The van der Waals surface area contributed by atoms with Gasteiger partial charge in [0, 0.05) is 23.7 Å². The van der Waals surface area contributed by atoms with Crippen molar-refractivity contribution in [2.75, 3.05) is 25.0 Å². The number of benzene rings is 1. The molecule has 0 aliphatic carbocycles. The largest absolute Gasteiger partial charge is 0.325 e. The standard InChI is InChI=1S/C19H19N3OS/c1-14-3-2-4-17(11-14)21-18(23)13-22-8-5-15(6-9-22)19-16(12-20)7-10-24-19/h2-5,7,10-11H,6,8-9,13H2,1H3,(H,21,23). The van der Waals surface area contributed by atoms with Crippen molar-refractivity contribution in [3.05, 3.63) is 57.8 Å². The van der Waals surface area contributed by atoms with Gasteiger partial charge in [0.2, 0.25) is 5.91 Å². The van der Waals surface area contributed by atoms with E-state index in [1.165, 1.54) is 5.57 Å². The maximum absolute atomic E-state index is 12.2. The van der Waals surface area contributed by atoms with Gasteiger partial charge in [0.05, 0.1) is 12.1 Å². The summed E-state index contributed by atoms with van der Waals surface area (Å²) in [6, 6.07) is 11.9. The molecule has 0 spiro atoms. The van der Waals surface area contributed by atoms with Gasteiger partial charge in [-0.1, -0.05) is 18.2 Å². The fraction of sp³-hybridized carbons (Fsp3) is 0.263. The molecule has 1 aromatic carbocycles. The van der Waals surface area contributed by atoms with E-state index in [0.717, 1.165) is 41.2 Å². The predicted octanol–water partition coefficient (Wildman–Crippen LogP) is 3.66. The molecule has 1 aliphatic heterocycles. The van der Waals surface area contributed by atoms with Gasteiger partial charge in [-0.05, 0) is 48.1 Å². The first-order chi connectivity index (χ1) is 11.7. The highest BCUT2D eigenvalue weighted by molar-refractivity contribution is 7.11. The average molecular weight is 337 g/mol. The van der Waals surface area contributed by atoms with Crippen LogP contribution < -0.4 is 5.32 Å². The lowest BCUT2D eigenvalue weighted by Gasteiger charge is -2.25. The van der Waals surface area contributed by atoms with Gasteiger partial charge in [-0.15, -0.1) is 11.3 Å². The van der Waals surface area contributed by atoms with Crippen LogP contribution in [-0.2, 0) is 4.79 Å². The molecule has 1 N–H and O–H groups in total. The van der Waals surface area contributed by atoms with Gasteiger partial charge >= 0.3 is 0 Å². The Bertz CT molecular complexity index is 816. The topological polar surface area (TPSA) is 56.1 Å². The van der Waals surface area contributed by atoms with Crippen LogP contribution in [0.4, 0.5) is 5.69 Å². The van der Waals surface area contributed by atoms with Crippen molar-refractivity contribution in [1.82, 2.24) is 4.90 Å². The number of hydrogen-bond donors (Lipinski definition) is 1. The summed E-state index contributed by atoms with van der Waals surface area (Å²) in [7, 11) is 0. The second-order valence-electron chi connectivity index (χ2n) is 5.91. The fourth-order valence-corrected chi connectivity index (χ4v) is 3.75. The Morgan fingerprint density at radius 2 is 2.29 bits per heavy atom. The molecule has 1 aromatic heterocycles. The summed E-state index contributed by atoms with van der Waals surface area (Å²) in [5.74, 6) is 0.00582. The van der Waals surface area contributed by atoms with Crippen LogP contribution in [0.2, 0.25) is 0 Å². The molecular weight excluding hydrogens is 318 g/mol. The van der Waals surface area contributed by atoms with Gasteiger partial charge in [-0.25, -0.2) is 0 Å². The van der Waals surface area contributed by atoms with Crippen LogP contribution in [0, 0.1) is 18.3 Å². The van der Waals surface area contributed by atoms with Gasteiger partial charge in [-0.2, -0.15) is 5.26 Å². The minimum Gasteiger partial charge on any atom is -0.325 e. The Morgan fingerprint density at radius 1 is 1.42 bits per heavy atom. The number of carbonyl (C=O) groups is 1. The molecule has 2 heterocycles. The van der Waals surface area contributed by atoms with E-state index in [2.05, 4.69) is 22.4 Å². The summed E-state index contributed by atoms with van der Waals surface area (Å²) in [4.78, 5) is 15.4. The molecule has 0 radical (unpaired) electrons. The minimum atomic E-state index is 0.00582. The summed E-state index contributed by atoms with van der Waals surface area (Å²) in [5.41, 5.74) is 3.93. The predicted molar refractivity (Wildman–Crippen MR) is 97.9 cm³/mol.